The molecule has 0 atom stereocenters. The Balaban J connectivity index is 1.31. The molecule has 2 aromatic rings. The molecule has 2 fully saturated rings. The number of nitrogens with zero attached hydrogens (tertiary/aromatic N) is 2. The molecule has 1 amide bonds. The van der Waals surface area contributed by atoms with E-state index in [9.17, 15) is 18.3 Å². The van der Waals surface area contributed by atoms with Crippen molar-refractivity contribution < 1.29 is 27.8 Å². The van der Waals surface area contributed by atoms with Crippen LogP contribution in [0.5, 0.6) is 5.75 Å². The Morgan fingerprint density at radius 2 is 1.77 bits per heavy atom. The molecule has 0 unspecified atom stereocenters. The highest BCUT2D eigenvalue weighted by molar-refractivity contribution is 7.89. The van der Waals surface area contributed by atoms with Crippen molar-refractivity contribution in [2.75, 3.05) is 46.5 Å². The molecule has 0 radical (unpaired) electrons. The van der Waals surface area contributed by atoms with Gasteiger partial charge in [-0.1, -0.05) is 30.3 Å². The van der Waals surface area contributed by atoms with Gasteiger partial charge in [0.1, 0.15) is 12.4 Å². The summed E-state index contributed by atoms with van der Waals surface area (Å²) in [4.78, 5) is 14.8. The normalized spacial score (nSPS) is 17.4. The van der Waals surface area contributed by atoms with Crippen LogP contribution in [0.15, 0.2) is 41.3 Å². The van der Waals surface area contributed by atoms with E-state index in [4.69, 9.17) is 9.47 Å². The molecule has 39 heavy (non-hydrogen) atoms. The van der Waals surface area contributed by atoms with E-state index in [0.29, 0.717) is 66.6 Å². The summed E-state index contributed by atoms with van der Waals surface area (Å²) >= 11 is 0. The first-order valence-electron chi connectivity index (χ1n) is 13.8. The lowest BCUT2D eigenvalue weighted by atomic mass is 9.85. The largest absolute Gasteiger partial charge is 0.496 e. The molecular weight excluding hydrogens is 516 g/mol. The lowest BCUT2D eigenvalue weighted by molar-refractivity contribution is -0.140. The molecule has 1 saturated heterocycles. The van der Waals surface area contributed by atoms with Crippen LogP contribution in [0.3, 0.4) is 0 Å². The van der Waals surface area contributed by atoms with Gasteiger partial charge in [0.25, 0.3) is 0 Å². The predicted molar refractivity (Wildman–Crippen MR) is 150 cm³/mol. The topological polar surface area (TPSA) is 96.4 Å². The predicted octanol–water partition coefficient (Wildman–Crippen LogP) is 3.63. The zero-order valence-electron chi connectivity index (χ0n) is 23.6. The molecule has 1 saturated carbocycles. The Labute approximate surface area is 233 Å². The zero-order valence-corrected chi connectivity index (χ0v) is 24.4. The van der Waals surface area contributed by atoms with Crippen molar-refractivity contribution in [3.05, 3.63) is 58.7 Å². The van der Waals surface area contributed by atoms with Crippen molar-refractivity contribution >= 4 is 15.9 Å². The minimum atomic E-state index is -3.75. The van der Waals surface area contributed by atoms with Crippen LogP contribution in [0.25, 0.3) is 0 Å². The quantitative estimate of drug-likeness (QED) is 0.400. The summed E-state index contributed by atoms with van der Waals surface area (Å²) < 4.78 is 40.2. The van der Waals surface area contributed by atoms with E-state index < -0.39 is 15.6 Å². The lowest BCUT2D eigenvalue weighted by Gasteiger charge is -2.38. The Bertz CT molecular complexity index is 1250. The van der Waals surface area contributed by atoms with Crippen molar-refractivity contribution in [2.24, 2.45) is 5.92 Å². The average molecular weight is 559 g/mol. The number of rotatable bonds is 12. The van der Waals surface area contributed by atoms with Gasteiger partial charge in [-0.05, 0) is 80.7 Å². The number of likely N-dealkylation sites (tertiary alicyclic amines) is 1. The number of carbonyl (C=O) groups is 1. The van der Waals surface area contributed by atoms with Crippen molar-refractivity contribution in [3.8, 4) is 5.75 Å². The van der Waals surface area contributed by atoms with Crippen molar-refractivity contribution in [1.29, 1.82) is 0 Å². The highest BCUT2D eigenvalue weighted by atomic mass is 32.2. The summed E-state index contributed by atoms with van der Waals surface area (Å²) in [5.41, 5.74) is 2.44. The summed E-state index contributed by atoms with van der Waals surface area (Å²) in [5, 5.41) is 11.0. The van der Waals surface area contributed by atoms with Crippen LogP contribution in [0.1, 0.15) is 47.9 Å². The molecule has 1 aliphatic carbocycles. The second kappa shape index (κ2) is 12.4. The average Bonchev–Trinajstić information content (AvgIpc) is 3.72. The number of sulfonamides is 1. The molecule has 0 bridgehead atoms. The van der Waals surface area contributed by atoms with Gasteiger partial charge in [0.2, 0.25) is 15.9 Å². The number of piperidine rings is 1. The Morgan fingerprint density at radius 1 is 1.10 bits per heavy atom. The summed E-state index contributed by atoms with van der Waals surface area (Å²) in [6.07, 6.45) is 3.65. The third-order valence-corrected chi connectivity index (χ3v) is 10.2. The summed E-state index contributed by atoms with van der Waals surface area (Å²) in [6, 6.07) is 11.7. The van der Waals surface area contributed by atoms with E-state index >= 15 is 0 Å². The van der Waals surface area contributed by atoms with Crippen LogP contribution < -0.4 is 4.74 Å². The standard InChI is InChI=1S/C30H42N2O6S/c1-22-18-27(37-4)23(2)24(3)29(22)39(35,36)32(20-26-10-11-26)16-17-38-21-28(33)31-14-12-30(34,13-15-31)19-25-8-6-5-7-9-25/h5-9,18,26,34H,10-17,19-21H2,1-4H3. The van der Waals surface area contributed by atoms with Gasteiger partial charge in [-0.25, -0.2) is 8.42 Å². The van der Waals surface area contributed by atoms with Crippen LogP contribution in [0.4, 0.5) is 0 Å². The molecule has 1 heterocycles. The van der Waals surface area contributed by atoms with Gasteiger partial charge in [-0.15, -0.1) is 0 Å². The molecule has 4 rings (SSSR count). The molecule has 9 heteroatoms. The van der Waals surface area contributed by atoms with Crippen LogP contribution in [0, 0.1) is 26.7 Å². The van der Waals surface area contributed by atoms with E-state index in [0.717, 1.165) is 24.0 Å². The van der Waals surface area contributed by atoms with Gasteiger partial charge >= 0.3 is 0 Å². The van der Waals surface area contributed by atoms with E-state index in [1.165, 1.54) is 4.31 Å². The number of aliphatic hydroxyl groups is 1. The monoisotopic (exact) mass is 558 g/mol. The van der Waals surface area contributed by atoms with Crippen molar-refractivity contribution in [2.45, 2.75) is 63.4 Å². The fourth-order valence-corrected chi connectivity index (χ4v) is 7.39. The van der Waals surface area contributed by atoms with E-state index in [-0.39, 0.29) is 25.7 Å². The van der Waals surface area contributed by atoms with Gasteiger partial charge < -0.3 is 19.5 Å². The van der Waals surface area contributed by atoms with Gasteiger partial charge in [-0.2, -0.15) is 4.31 Å². The Kier molecular flexibility index (Phi) is 9.37. The molecule has 0 aromatic heterocycles. The molecule has 1 N–H and O–H groups in total. The molecule has 2 aliphatic rings. The van der Waals surface area contributed by atoms with Crippen LogP contribution >= 0.6 is 0 Å². The smallest absolute Gasteiger partial charge is 0.248 e. The van der Waals surface area contributed by atoms with E-state index in [2.05, 4.69) is 0 Å². The van der Waals surface area contributed by atoms with Gasteiger partial charge in [0, 0.05) is 32.6 Å². The number of amides is 1. The maximum absolute atomic E-state index is 13.8. The molecule has 0 spiro atoms. The second-order valence-corrected chi connectivity index (χ2v) is 13.0. The highest BCUT2D eigenvalue weighted by Crippen LogP contribution is 2.35. The fraction of sp³-hybridized carbons (Fsp3) is 0.567. The molecule has 1 aliphatic heterocycles. The van der Waals surface area contributed by atoms with Crippen LogP contribution in [0.2, 0.25) is 0 Å². The molecular formula is C30H42N2O6S. The van der Waals surface area contributed by atoms with E-state index in [1.54, 1.807) is 25.0 Å². The fourth-order valence-electron chi connectivity index (χ4n) is 5.40. The lowest BCUT2D eigenvalue weighted by Crippen LogP contribution is -2.48. The summed E-state index contributed by atoms with van der Waals surface area (Å²) in [5.74, 6) is 0.908. The number of carbonyl (C=O) groups excluding carboxylic acids is 1. The molecule has 8 nitrogen and oxygen atoms in total. The second-order valence-electron chi connectivity index (χ2n) is 11.1. The van der Waals surface area contributed by atoms with Crippen LogP contribution in [-0.4, -0.2) is 80.7 Å². The number of methoxy groups -OCH3 is 1. The third-order valence-electron chi connectivity index (χ3n) is 8.09. The maximum atomic E-state index is 13.8. The number of aryl methyl sites for hydroxylation is 1. The van der Waals surface area contributed by atoms with Crippen molar-refractivity contribution in [3.63, 3.8) is 0 Å². The van der Waals surface area contributed by atoms with Gasteiger partial charge in [0.05, 0.1) is 24.2 Å². The minimum absolute atomic E-state index is 0.103. The maximum Gasteiger partial charge on any atom is 0.248 e. The Morgan fingerprint density at radius 3 is 2.38 bits per heavy atom. The minimum Gasteiger partial charge on any atom is -0.496 e. The number of ether oxygens (including phenoxy) is 2. The van der Waals surface area contributed by atoms with Gasteiger partial charge in [0.15, 0.2) is 0 Å². The zero-order chi connectivity index (χ0) is 28.2. The van der Waals surface area contributed by atoms with Crippen molar-refractivity contribution in [1.82, 2.24) is 9.21 Å². The summed E-state index contributed by atoms with van der Waals surface area (Å²) in [6.45, 7) is 7.11. The number of benzene rings is 2. The number of hydrogen-bond acceptors (Lipinski definition) is 6. The first kappa shape index (κ1) is 29.5. The first-order valence-corrected chi connectivity index (χ1v) is 15.2. The first-order chi connectivity index (χ1) is 18.5. The molecule has 214 valence electrons. The van der Waals surface area contributed by atoms with Gasteiger partial charge in [-0.3, -0.25) is 4.79 Å². The Hall–Kier alpha value is -2.46. The van der Waals surface area contributed by atoms with Crippen LogP contribution in [-0.2, 0) is 26.0 Å². The molecule has 2 aromatic carbocycles. The summed E-state index contributed by atoms with van der Waals surface area (Å²) in [7, 11) is -2.16. The third kappa shape index (κ3) is 7.20. The van der Waals surface area contributed by atoms with E-state index in [1.807, 2.05) is 44.2 Å². The SMILES string of the molecule is COc1cc(C)c(S(=O)(=O)N(CCOCC(=O)N2CCC(O)(Cc3ccccc3)CC2)CC2CC2)c(C)c1C. The number of hydrogen-bond donors (Lipinski definition) is 1. The highest BCUT2D eigenvalue weighted by Gasteiger charge is 2.35.